The van der Waals surface area contributed by atoms with Crippen molar-refractivity contribution in [3.05, 3.63) is 190 Å². The van der Waals surface area contributed by atoms with Gasteiger partial charge in [-0.25, -0.2) is 19.9 Å². The zero-order valence-electron chi connectivity index (χ0n) is 42.0. The zero-order chi connectivity index (χ0) is 49.6. The molecule has 8 aromatic heterocycles. The Morgan fingerprint density at radius 2 is 0.853 bits per heavy atom. The maximum absolute atomic E-state index is 5.67. The van der Waals surface area contributed by atoms with Crippen molar-refractivity contribution in [1.82, 2.24) is 39.9 Å². The van der Waals surface area contributed by atoms with E-state index in [1.54, 1.807) is 0 Å². The molecule has 0 fully saturated rings. The molecule has 0 saturated carbocycles. The molecule has 2 aliphatic heterocycles. The largest absolute Gasteiger partial charge is 0.358 e. The Kier molecular flexibility index (Phi) is 9.00. The molecule has 0 amide bonds. The highest BCUT2D eigenvalue weighted by Gasteiger charge is 2.22. The van der Waals surface area contributed by atoms with Gasteiger partial charge in [0.1, 0.15) is 0 Å². The van der Waals surface area contributed by atoms with Gasteiger partial charge >= 0.3 is 0 Å². The number of hydrogen-bond donors (Lipinski definition) is 4. The minimum absolute atomic E-state index is 0.762. The molecule has 0 saturated heterocycles. The number of para-hydroxylation sites is 4. The van der Waals surface area contributed by atoms with Gasteiger partial charge in [0.2, 0.25) is 0 Å². The fraction of sp³-hybridized carbons (Fsp3) is 0.134. The van der Waals surface area contributed by atoms with Crippen molar-refractivity contribution in [1.29, 1.82) is 0 Å². The van der Waals surface area contributed by atoms with Gasteiger partial charge in [0.05, 0.1) is 66.9 Å². The van der Waals surface area contributed by atoms with Crippen LogP contribution >= 0.6 is 0 Å². The number of fused-ring (bicyclic) bond motifs is 12. The van der Waals surface area contributed by atoms with E-state index in [2.05, 4.69) is 192 Å². The summed E-state index contributed by atoms with van der Waals surface area (Å²) < 4.78 is 0. The quantitative estimate of drug-likeness (QED) is 0.129. The maximum Gasteiger partial charge on any atom is 0.0978 e. The first-order valence-electron chi connectivity index (χ1n) is 26.5. The molecule has 0 aliphatic carbocycles. The van der Waals surface area contributed by atoms with Gasteiger partial charge in [0.25, 0.3) is 0 Å². The second-order valence-electron chi connectivity index (χ2n) is 21.1. The first-order valence-corrected chi connectivity index (χ1v) is 26.5. The number of benzene rings is 6. The predicted octanol–water partition coefficient (Wildman–Crippen LogP) is 15.0. The normalized spacial score (nSPS) is 13.7. The number of unbranched alkanes of at least 4 members (excludes halogenated alkanes) is 1. The molecule has 16 bridgehead atoms. The molecule has 0 unspecified atom stereocenters. The van der Waals surface area contributed by atoms with E-state index < -0.39 is 0 Å². The van der Waals surface area contributed by atoms with E-state index in [4.69, 9.17) is 19.9 Å². The number of rotatable bonds is 5. The highest BCUT2D eigenvalue weighted by molar-refractivity contribution is 6.10. The lowest BCUT2D eigenvalue weighted by molar-refractivity contribution is 0.989. The first kappa shape index (κ1) is 42.4. The van der Waals surface area contributed by atoms with Gasteiger partial charge in [-0.15, -0.1) is 0 Å². The molecule has 8 nitrogen and oxygen atoms in total. The molecule has 0 radical (unpaired) electrons. The molecular weight excluding hydrogens is 917 g/mol. The second-order valence-corrected chi connectivity index (χ2v) is 21.1. The zero-order valence-corrected chi connectivity index (χ0v) is 42.0. The molecule has 8 heteroatoms. The average molecular weight is 967 g/mol. The van der Waals surface area contributed by atoms with E-state index in [1.807, 2.05) is 0 Å². The molecule has 75 heavy (non-hydrogen) atoms. The lowest BCUT2D eigenvalue weighted by atomic mass is 9.91. The molecule has 6 aromatic carbocycles. The lowest BCUT2D eigenvalue weighted by Gasteiger charge is -2.17. The lowest BCUT2D eigenvalue weighted by Crippen LogP contribution is -2.29. The third kappa shape index (κ3) is 6.42. The molecule has 0 spiro atoms. The van der Waals surface area contributed by atoms with E-state index >= 15 is 0 Å². The van der Waals surface area contributed by atoms with Gasteiger partial charge in [0, 0.05) is 101 Å². The molecular formula is C67H50N8. The van der Waals surface area contributed by atoms with E-state index in [0.717, 1.165) is 172 Å². The topological polar surface area (TPSA) is 115 Å². The van der Waals surface area contributed by atoms with Crippen molar-refractivity contribution in [3.8, 4) is 45.0 Å². The molecule has 4 N–H and O–H groups in total. The number of nitrogens with zero attached hydrogens (tertiary/aromatic N) is 4. The summed E-state index contributed by atoms with van der Waals surface area (Å²) in [4.78, 5) is 37.7. The number of aromatic nitrogens is 8. The van der Waals surface area contributed by atoms with Crippen LogP contribution in [0.1, 0.15) is 67.0 Å². The minimum Gasteiger partial charge on any atom is -0.358 e. The minimum atomic E-state index is 0.762. The molecule has 16 rings (SSSR count). The highest BCUT2D eigenvalue weighted by Crippen LogP contribution is 2.39. The smallest absolute Gasteiger partial charge is 0.0978 e. The van der Waals surface area contributed by atoms with Gasteiger partial charge < -0.3 is 19.9 Å². The Morgan fingerprint density at radius 3 is 1.31 bits per heavy atom. The van der Waals surface area contributed by atoms with Crippen molar-refractivity contribution in [2.45, 2.75) is 59.3 Å². The summed E-state index contributed by atoms with van der Waals surface area (Å²) in [7, 11) is 0. The standard InChI is InChI=1S/C67H50N8/c1-4-5-14-47-49-23-27-57-52-17-8-12-39-31-43(70-62(39)52)34-44-32-40-13-9-18-53(63(40)71-44)58-28-24-54(67(75-58)66(49)74-57)59(47)35(2)19-20-45-36(3)46-21-25-55-50-15-6-10-37-29-41(68-60(37)50)33-42-30-38-11-7-16-51(61(38)69-42)56-26-22-48(45)65(73-56)64(46)72-55/h6-18,21-32,68-71H,4-5,19-20,33-34H2,1-3H3/b47-14+,59-35-. The van der Waals surface area contributed by atoms with Crippen LogP contribution in [0.3, 0.4) is 0 Å². The predicted molar refractivity (Wildman–Crippen MR) is 310 cm³/mol. The molecule has 358 valence electrons. The summed E-state index contributed by atoms with van der Waals surface area (Å²) in [5.41, 5.74) is 24.7. The van der Waals surface area contributed by atoms with Gasteiger partial charge in [-0.05, 0) is 115 Å². The van der Waals surface area contributed by atoms with Crippen LogP contribution in [-0.4, -0.2) is 39.9 Å². The summed E-state index contributed by atoms with van der Waals surface area (Å²) >= 11 is 0. The van der Waals surface area contributed by atoms with E-state index in [9.17, 15) is 0 Å². The second kappa shape index (κ2) is 15.9. The van der Waals surface area contributed by atoms with Crippen LogP contribution in [0.15, 0.2) is 146 Å². The van der Waals surface area contributed by atoms with Crippen LogP contribution in [0, 0.1) is 6.92 Å². The number of nitrogens with one attached hydrogen (secondary N) is 4. The SMILES string of the molecule is CCC/C=c1/c(=C(\C)CCc2c(C)c3ccc4nc3c3nc(ccc23)-c2cccc3cc([nH]c23)Cc2cc3cccc-4c3[nH]2)c2ccc3nc2c2nc(ccc12)-c1cccc2cc([nH]c12)Cc1cc2cccc-3c2[nH]1. The highest BCUT2D eigenvalue weighted by atomic mass is 14.8. The fourth-order valence-electron chi connectivity index (χ4n) is 13.0. The monoisotopic (exact) mass is 966 g/mol. The van der Waals surface area contributed by atoms with Gasteiger partial charge in [-0.1, -0.05) is 110 Å². The van der Waals surface area contributed by atoms with Crippen molar-refractivity contribution < 1.29 is 0 Å². The van der Waals surface area contributed by atoms with Crippen LogP contribution < -0.4 is 10.4 Å². The van der Waals surface area contributed by atoms with E-state index in [1.165, 1.54) is 48.7 Å². The summed E-state index contributed by atoms with van der Waals surface area (Å²) in [6.45, 7) is 6.89. The number of hydrogen-bond acceptors (Lipinski definition) is 4. The van der Waals surface area contributed by atoms with Crippen molar-refractivity contribution >= 4 is 98.9 Å². The van der Waals surface area contributed by atoms with E-state index in [-0.39, 0.29) is 0 Å². The number of H-pyrrole nitrogens is 4. The van der Waals surface area contributed by atoms with Crippen LogP contribution in [0.5, 0.6) is 0 Å². The molecule has 2 aliphatic rings. The van der Waals surface area contributed by atoms with Gasteiger partial charge in [-0.3, -0.25) is 0 Å². The fourth-order valence-corrected chi connectivity index (χ4v) is 13.0. The third-order valence-corrected chi connectivity index (χ3v) is 16.6. The number of pyridine rings is 4. The summed E-state index contributed by atoms with van der Waals surface area (Å²) in [6.07, 6.45) is 7.62. The Labute approximate surface area is 431 Å². The summed E-state index contributed by atoms with van der Waals surface area (Å²) in [5, 5.41) is 11.7. The Morgan fingerprint density at radius 1 is 0.467 bits per heavy atom. The Balaban J connectivity index is 0.921. The van der Waals surface area contributed by atoms with Crippen molar-refractivity contribution in [2.24, 2.45) is 0 Å². The maximum atomic E-state index is 5.67. The van der Waals surface area contributed by atoms with Crippen molar-refractivity contribution in [2.75, 3.05) is 0 Å². The van der Waals surface area contributed by atoms with Crippen LogP contribution in [-0.2, 0) is 19.3 Å². The summed E-state index contributed by atoms with van der Waals surface area (Å²) in [5.74, 6) is 0. The van der Waals surface area contributed by atoms with Gasteiger partial charge in [0.15, 0.2) is 0 Å². The average Bonchev–Trinajstić information content (AvgIpc) is 4.26. The Bertz CT molecular complexity index is 4940. The van der Waals surface area contributed by atoms with Gasteiger partial charge in [-0.2, -0.15) is 0 Å². The molecule has 0 atom stereocenters. The van der Waals surface area contributed by atoms with Crippen LogP contribution in [0.25, 0.3) is 144 Å². The third-order valence-electron chi connectivity index (χ3n) is 16.6. The molecule has 10 heterocycles. The van der Waals surface area contributed by atoms with Crippen molar-refractivity contribution in [3.63, 3.8) is 0 Å². The van der Waals surface area contributed by atoms with E-state index in [0.29, 0.717) is 0 Å². The first-order chi connectivity index (χ1) is 36.9. The Hall–Kier alpha value is -9.14. The number of aromatic amines is 4. The number of aryl methyl sites for hydroxylation is 2. The summed E-state index contributed by atoms with van der Waals surface area (Å²) in [6, 6.07) is 53.4. The van der Waals surface area contributed by atoms with Crippen LogP contribution in [0.2, 0.25) is 0 Å². The van der Waals surface area contributed by atoms with Crippen LogP contribution in [0.4, 0.5) is 0 Å². The molecule has 14 aromatic rings.